The Morgan fingerprint density at radius 2 is 2.27 bits per heavy atom. The molecule has 0 saturated heterocycles. The number of ether oxygens (including phenoxy) is 1. The van der Waals surface area contributed by atoms with Gasteiger partial charge in [0.15, 0.2) is 0 Å². The number of benzene rings is 1. The summed E-state index contributed by atoms with van der Waals surface area (Å²) in [5, 5.41) is 7.09. The highest BCUT2D eigenvalue weighted by Crippen LogP contribution is 2.21. The van der Waals surface area contributed by atoms with Crippen LogP contribution >= 0.6 is 0 Å². The lowest BCUT2D eigenvalue weighted by molar-refractivity contribution is -0.141. The van der Waals surface area contributed by atoms with E-state index in [4.69, 9.17) is 11.1 Å². The van der Waals surface area contributed by atoms with Gasteiger partial charge in [0, 0.05) is 17.5 Å². The molecule has 1 aromatic carbocycles. The fourth-order valence-corrected chi connectivity index (χ4v) is 1.31. The van der Waals surface area contributed by atoms with Crippen molar-refractivity contribution in [2.75, 3.05) is 12.8 Å². The van der Waals surface area contributed by atoms with Crippen LogP contribution in [0.2, 0.25) is 0 Å². The first-order chi connectivity index (χ1) is 7.10. The number of methoxy groups -OCH3 is 1. The highest BCUT2D eigenvalue weighted by atomic mass is 16.5. The summed E-state index contributed by atoms with van der Waals surface area (Å²) >= 11 is 0. The van der Waals surface area contributed by atoms with E-state index in [2.05, 4.69) is 4.74 Å². The van der Waals surface area contributed by atoms with Gasteiger partial charge in [-0.3, -0.25) is 4.79 Å². The third-order valence-corrected chi connectivity index (χ3v) is 2.32. The van der Waals surface area contributed by atoms with Gasteiger partial charge in [-0.05, 0) is 18.6 Å². The lowest BCUT2D eigenvalue weighted by Gasteiger charge is -2.10. The fraction of sp³-hybridized carbons (Fsp3) is 0.273. The second-order valence-electron chi connectivity index (χ2n) is 3.28. The largest absolute Gasteiger partial charge is 0.469 e. The molecule has 0 saturated carbocycles. The molecule has 1 aromatic rings. The number of esters is 1. The lowest BCUT2D eigenvalue weighted by Crippen LogP contribution is -2.11. The summed E-state index contributed by atoms with van der Waals surface area (Å²) in [5.74, 6) is -0.630. The number of anilines is 1. The predicted molar refractivity (Wildman–Crippen MR) is 59.2 cm³/mol. The third kappa shape index (κ3) is 2.34. The van der Waals surface area contributed by atoms with Crippen molar-refractivity contribution in [1.29, 1.82) is 5.41 Å². The first-order valence-electron chi connectivity index (χ1n) is 4.58. The van der Waals surface area contributed by atoms with Gasteiger partial charge in [0.1, 0.15) is 0 Å². The molecule has 80 valence electrons. The molecular formula is C11H14N2O2. The topological polar surface area (TPSA) is 76.2 Å². The number of nitrogens with two attached hydrogens (primary N) is 1. The summed E-state index contributed by atoms with van der Waals surface area (Å²) in [6.07, 6.45) is 1.18. The molecule has 0 amide bonds. The zero-order chi connectivity index (χ0) is 11.4. The summed E-state index contributed by atoms with van der Waals surface area (Å²) in [7, 11) is 1.36. The van der Waals surface area contributed by atoms with Gasteiger partial charge in [0.2, 0.25) is 0 Å². The molecule has 4 heteroatoms. The van der Waals surface area contributed by atoms with E-state index in [0.717, 1.165) is 5.56 Å². The molecule has 0 radical (unpaired) electrons. The molecule has 0 spiro atoms. The maximum Gasteiger partial charge on any atom is 0.312 e. The van der Waals surface area contributed by atoms with Crippen LogP contribution in [0.15, 0.2) is 18.2 Å². The van der Waals surface area contributed by atoms with Crippen LogP contribution in [0, 0.1) is 5.41 Å². The number of carbonyl (C=O) groups excluding carboxylic acids is 1. The summed E-state index contributed by atoms with van der Waals surface area (Å²) in [4.78, 5) is 11.3. The Morgan fingerprint density at radius 3 is 2.73 bits per heavy atom. The molecule has 1 rings (SSSR count). The second kappa shape index (κ2) is 4.59. The zero-order valence-electron chi connectivity index (χ0n) is 8.78. The van der Waals surface area contributed by atoms with E-state index in [1.54, 1.807) is 25.1 Å². The second-order valence-corrected chi connectivity index (χ2v) is 3.28. The minimum absolute atomic E-state index is 0.294. The van der Waals surface area contributed by atoms with E-state index >= 15 is 0 Å². The quantitative estimate of drug-likeness (QED) is 0.447. The van der Waals surface area contributed by atoms with E-state index in [1.807, 2.05) is 0 Å². The van der Waals surface area contributed by atoms with E-state index in [1.165, 1.54) is 13.3 Å². The Bertz CT molecular complexity index is 388. The molecule has 1 unspecified atom stereocenters. The molecule has 3 N–H and O–H groups in total. The standard InChI is InChI=1S/C11H14N2O2/c1-7(11(14)15-2)8-3-4-9(6-12)10(13)5-8/h3-7,12H,13H2,1-2H3. The fourth-order valence-electron chi connectivity index (χ4n) is 1.31. The minimum Gasteiger partial charge on any atom is -0.469 e. The number of hydrogen-bond acceptors (Lipinski definition) is 4. The average molecular weight is 206 g/mol. The summed E-state index contributed by atoms with van der Waals surface area (Å²) in [6, 6.07) is 5.19. The van der Waals surface area contributed by atoms with Crippen LogP contribution in [0.25, 0.3) is 0 Å². The molecule has 1 atom stereocenters. The molecule has 0 aliphatic heterocycles. The monoisotopic (exact) mass is 206 g/mol. The van der Waals surface area contributed by atoms with Gasteiger partial charge in [-0.15, -0.1) is 0 Å². The van der Waals surface area contributed by atoms with Crippen molar-refractivity contribution in [2.45, 2.75) is 12.8 Å². The molecular weight excluding hydrogens is 192 g/mol. The Labute approximate surface area is 88.6 Å². The Hall–Kier alpha value is -1.84. The van der Waals surface area contributed by atoms with Crippen LogP contribution in [-0.2, 0) is 9.53 Å². The van der Waals surface area contributed by atoms with Crippen molar-refractivity contribution in [1.82, 2.24) is 0 Å². The number of carbonyl (C=O) groups is 1. The van der Waals surface area contributed by atoms with Crippen LogP contribution in [0.3, 0.4) is 0 Å². The number of hydrogen-bond donors (Lipinski definition) is 2. The highest BCUT2D eigenvalue weighted by molar-refractivity contribution is 5.86. The molecule has 15 heavy (non-hydrogen) atoms. The van der Waals surface area contributed by atoms with Gasteiger partial charge in [-0.25, -0.2) is 0 Å². The maximum atomic E-state index is 11.3. The van der Waals surface area contributed by atoms with E-state index in [-0.39, 0.29) is 11.9 Å². The Kier molecular flexibility index (Phi) is 3.44. The van der Waals surface area contributed by atoms with Crippen LogP contribution < -0.4 is 5.73 Å². The Balaban J connectivity index is 3.02. The van der Waals surface area contributed by atoms with Crippen LogP contribution in [-0.4, -0.2) is 19.3 Å². The SMILES string of the molecule is COC(=O)C(C)c1ccc(C=N)c(N)c1. The minimum atomic E-state index is -0.336. The molecule has 0 bridgehead atoms. The smallest absolute Gasteiger partial charge is 0.312 e. The summed E-state index contributed by atoms with van der Waals surface area (Å²) < 4.78 is 4.64. The van der Waals surface area contributed by atoms with Crippen LogP contribution in [0.5, 0.6) is 0 Å². The number of nitrogen functional groups attached to an aromatic ring is 1. The predicted octanol–water partition coefficient (Wildman–Crippen LogP) is 1.54. The van der Waals surface area contributed by atoms with E-state index < -0.39 is 0 Å². The van der Waals surface area contributed by atoms with Crippen molar-refractivity contribution < 1.29 is 9.53 Å². The first-order valence-corrected chi connectivity index (χ1v) is 4.58. The first kappa shape index (κ1) is 11.2. The molecule has 4 nitrogen and oxygen atoms in total. The molecule has 0 fully saturated rings. The van der Waals surface area contributed by atoms with Crippen molar-refractivity contribution in [2.24, 2.45) is 0 Å². The summed E-state index contributed by atoms with van der Waals surface area (Å²) in [6.45, 7) is 1.75. The molecule has 0 heterocycles. The zero-order valence-corrected chi connectivity index (χ0v) is 8.78. The van der Waals surface area contributed by atoms with Gasteiger partial charge in [0.05, 0.1) is 13.0 Å². The third-order valence-electron chi connectivity index (χ3n) is 2.32. The Morgan fingerprint density at radius 1 is 1.60 bits per heavy atom. The van der Waals surface area contributed by atoms with Gasteiger partial charge < -0.3 is 15.9 Å². The molecule has 0 aliphatic carbocycles. The summed E-state index contributed by atoms with van der Waals surface area (Å²) in [5.41, 5.74) is 7.65. The average Bonchev–Trinajstić information content (AvgIpc) is 2.26. The van der Waals surface area contributed by atoms with Crippen molar-refractivity contribution >= 4 is 17.9 Å². The van der Waals surface area contributed by atoms with Gasteiger partial charge in [-0.2, -0.15) is 0 Å². The maximum absolute atomic E-state index is 11.3. The number of nitrogens with one attached hydrogen (secondary N) is 1. The van der Waals surface area contributed by atoms with Crippen molar-refractivity contribution in [3.63, 3.8) is 0 Å². The number of rotatable bonds is 3. The van der Waals surface area contributed by atoms with Crippen LogP contribution in [0.4, 0.5) is 5.69 Å². The van der Waals surface area contributed by atoms with Gasteiger partial charge in [0.25, 0.3) is 0 Å². The van der Waals surface area contributed by atoms with Crippen LogP contribution in [0.1, 0.15) is 24.0 Å². The normalized spacial score (nSPS) is 11.9. The van der Waals surface area contributed by atoms with E-state index in [9.17, 15) is 4.79 Å². The van der Waals surface area contributed by atoms with Gasteiger partial charge >= 0.3 is 5.97 Å². The highest BCUT2D eigenvalue weighted by Gasteiger charge is 2.15. The lowest BCUT2D eigenvalue weighted by atomic mass is 9.99. The molecule has 0 aliphatic rings. The van der Waals surface area contributed by atoms with Gasteiger partial charge in [-0.1, -0.05) is 12.1 Å². The van der Waals surface area contributed by atoms with Crippen molar-refractivity contribution in [3.8, 4) is 0 Å². The van der Waals surface area contributed by atoms with Crippen molar-refractivity contribution in [3.05, 3.63) is 29.3 Å². The van der Waals surface area contributed by atoms with E-state index in [0.29, 0.717) is 11.3 Å². The molecule has 0 aromatic heterocycles.